The molecule has 0 bridgehead atoms. The lowest BCUT2D eigenvalue weighted by Gasteiger charge is -2.11. The number of carbonyl (C=O) groups is 3. The fraction of sp³-hybridized carbons (Fsp3) is 0.0455. The van der Waals surface area contributed by atoms with Gasteiger partial charge in [-0.25, -0.2) is 9.69 Å². The molecule has 0 unspecified atom stereocenters. The molecule has 6 nitrogen and oxygen atoms in total. The van der Waals surface area contributed by atoms with E-state index in [1.807, 2.05) is 23.6 Å². The Hall–Kier alpha value is -3.13. The predicted octanol–water partition coefficient (Wildman–Crippen LogP) is 5.25. The van der Waals surface area contributed by atoms with E-state index >= 15 is 0 Å². The molecule has 1 aliphatic heterocycles. The molecule has 1 aromatic heterocycles. The van der Waals surface area contributed by atoms with Crippen molar-refractivity contribution in [3.63, 3.8) is 0 Å². The lowest BCUT2D eigenvalue weighted by atomic mass is 10.1. The molecule has 0 spiro atoms. The molecule has 2 aromatic carbocycles. The van der Waals surface area contributed by atoms with Crippen molar-refractivity contribution in [3.05, 3.63) is 80.6 Å². The van der Waals surface area contributed by atoms with Crippen molar-refractivity contribution >= 4 is 64.1 Å². The van der Waals surface area contributed by atoms with Crippen molar-refractivity contribution in [2.45, 2.75) is 0 Å². The zero-order valence-electron chi connectivity index (χ0n) is 15.9. The minimum Gasteiger partial charge on any atom is -0.325 e. The predicted molar refractivity (Wildman–Crippen MR) is 123 cm³/mol. The van der Waals surface area contributed by atoms with Gasteiger partial charge in [-0.3, -0.25) is 9.59 Å². The Balaban J connectivity index is 1.44. The van der Waals surface area contributed by atoms with Crippen molar-refractivity contribution in [1.82, 2.24) is 10.2 Å². The molecule has 0 radical (unpaired) electrons. The molecule has 156 valence electrons. The number of carbonyl (C=O) groups excluding carboxylic acids is 3. The fourth-order valence-corrected chi connectivity index (χ4v) is 4.06. The second-order valence-electron chi connectivity index (χ2n) is 6.68. The third-order valence-corrected chi connectivity index (χ3v) is 5.86. The molecule has 4 rings (SSSR count). The van der Waals surface area contributed by atoms with Crippen molar-refractivity contribution < 1.29 is 14.4 Å². The number of hydrogen-bond donors (Lipinski definition) is 2. The first-order chi connectivity index (χ1) is 14.9. The van der Waals surface area contributed by atoms with Gasteiger partial charge in [0.1, 0.15) is 12.2 Å². The van der Waals surface area contributed by atoms with E-state index < -0.39 is 24.4 Å². The van der Waals surface area contributed by atoms with Gasteiger partial charge in [-0.1, -0.05) is 35.3 Å². The van der Waals surface area contributed by atoms with E-state index in [0.717, 1.165) is 20.9 Å². The number of imide groups is 1. The van der Waals surface area contributed by atoms with Gasteiger partial charge in [0.2, 0.25) is 5.91 Å². The van der Waals surface area contributed by atoms with Crippen molar-refractivity contribution in [2.24, 2.45) is 0 Å². The molecule has 2 heterocycles. The third-order valence-electron chi connectivity index (χ3n) is 4.48. The van der Waals surface area contributed by atoms with Crippen LogP contribution in [0.25, 0.3) is 17.2 Å². The standard InChI is InChI=1S/C22H15Cl2N3O3S/c23-15-3-1-13(2-4-15)14-9-18(31-12-14)10-19-21(29)27(22(30)26-19)11-20(28)25-17-7-5-16(24)6-8-17/h1-10,12H,11H2,(H,25,28)(H,26,30)/b19-10-. The number of halogens is 2. The number of amides is 4. The maximum atomic E-state index is 12.6. The van der Waals surface area contributed by atoms with Crippen LogP contribution in [0.15, 0.2) is 65.7 Å². The number of hydrogen-bond acceptors (Lipinski definition) is 4. The molecular formula is C22H15Cl2N3O3S. The van der Waals surface area contributed by atoms with E-state index in [-0.39, 0.29) is 5.70 Å². The summed E-state index contributed by atoms with van der Waals surface area (Å²) < 4.78 is 0. The summed E-state index contributed by atoms with van der Waals surface area (Å²) in [6.45, 7) is -0.398. The highest BCUT2D eigenvalue weighted by Crippen LogP contribution is 2.28. The number of urea groups is 1. The summed E-state index contributed by atoms with van der Waals surface area (Å²) in [6, 6.07) is 15.2. The Kier molecular flexibility index (Phi) is 6.08. The highest BCUT2D eigenvalue weighted by atomic mass is 35.5. The number of anilines is 1. The first-order valence-electron chi connectivity index (χ1n) is 9.13. The lowest BCUT2D eigenvalue weighted by Crippen LogP contribution is -2.38. The maximum Gasteiger partial charge on any atom is 0.329 e. The summed E-state index contributed by atoms with van der Waals surface area (Å²) in [4.78, 5) is 38.8. The first kappa shape index (κ1) is 21.1. The van der Waals surface area contributed by atoms with Gasteiger partial charge in [0.05, 0.1) is 0 Å². The number of thiophene rings is 1. The normalized spacial score (nSPS) is 14.8. The van der Waals surface area contributed by atoms with E-state index in [9.17, 15) is 14.4 Å². The van der Waals surface area contributed by atoms with Gasteiger partial charge in [-0.2, -0.15) is 0 Å². The van der Waals surface area contributed by atoms with Gasteiger partial charge in [0.15, 0.2) is 0 Å². The monoisotopic (exact) mass is 471 g/mol. The van der Waals surface area contributed by atoms with Crippen LogP contribution in [0.5, 0.6) is 0 Å². The number of rotatable bonds is 5. The third kappa shape index (κ3) is 4.96. The molecule has 2 N–H and O–H groups in total. The zero-order valence-corrected chi connectivity index (χ0v) is 18.2. The van der Waals surface area contributed by atoms with Crippen molar-refractivity contribution in [1.29, 1.82) is 0 Å². The van der Waals surface area contributed by atoms with Crippen LogP contribution < -0.4 is 10.6 Å². The quantitative estimate of drug-likeness (QED) is 0.393. The smallest absolute Gasteiger partial charge is 0.325 e. The molecule has 0 saturated carbocycles. The second kappa shape index (κ2) is 8.93. The van der Waals surface area contributed by atoms with E-state index in [4.69, 9.17) is 23.2 Å². The van der Waals surface area contributed by atoms with Crippen LogP contribution in [0, 0.1) is 0 Å². The van der Waals surface area contributed by atoms with Crippen LogP contribution in [0.1, 0.15) is 4.88 Å². The molecule has 4 amide bonds. The highest BCUT2D eigenvalue weighted by molar-refractivity contribution is 7.11. The minimum atomic E-state index is -0.642. The topological polar surface area (TPSA) is 78.5 Å². The van der Waals surface area contributed by atoms with E-state index in [2.05, 4.69) is 10.6 Å². The first-order valence-corrected chi connectivity index (χ1v) is 10.8. The number of benzene rings is 2. The van der Waals surface area contributed by atoms with Crippen LogP contribution >= 0.6 is 34.5 Å². The Bertz CT molecular complexity index is 1190. The van der Waals surface area contributed by atoms with Crippen LogP contribution in [0.4, 0.5) is 10.5 Å². The molecule has 1 saturated heterocycles. The summed E-state index contributed by atoms with van der Waals surface area (Å²) in [6.07, 6.45) is 1.60. The van der Waals surface area contributed by atoms with E-state index in [1.54, 1.807) is 42.5 Å². The molecule has 3 aromatic rings. The number of nitrogens with zero attached hydrogens (tertiary/aromatic N) is 1. The van der Waals surface area contributed by atoms with E-state index in [1.165, 1.54) is 11.3 Å². The Morgan fingerprint density at radius 3 is 2.32 bits per heavy atom. The van der Waals surface area contributed by atoms with Gasteiger partial charge >= 0.3 is 6.03 Å². The molecular weight excluding hydrogens is 457 g/mol. The van der Waals surface area contributed by atoms with Gasteiger partial charge in [0.25, 0.3) is 5.91 Å². The summed E-state index contributed by atoms with van der Waals surface area (Å²) in [7, 11) is 0. The van der Waals surface area contributed by atoms with E-state index in [0.29, 0.717) is 15.7 Å². The Labute approximate surface area is 192 Å². The molecule has 0 atom stereocenters. The lowest BCUT2D eigenvalue weighted by molar-refractivity contribution is -0.127. The largest absolute Gasteiger partial charge is 0.329 e. The summed E-state index contributed by atoms with van der Waals surface area (Å²) in [5.41, 5.74) is 2.61. The molecule has 1 fully saturated rings. The summed E-state index contributed by atoms with van der Waals surface area (Å²) >= 11 is 13.2. The molecule has 0 aliphatic carbocycles. The van der Waals surface area contributed by atoms with Gasteiger partial charge in [0, 0.05) is 20.6 Å². The summed E-state index contributed by atoms with van der Waals surface area (Å²) in [5, 5.41) is 8.30. The minimum absolute atomic E-state index is 0.119. The van der Waals surface area contributed by atoms with Crippen molar-refractivity contribution in [3.8, 4) is 11.1 Å². The zero-order chi connectivity index (χ0) is 22.0. The SMILES string of the molecule is O=C(CN1C(=O)N/C(=C\c2cc(-c3ccc(Cl)cc3)cs2)C1=O)Nc1ccc(Cl)cc1. The average molecular weight is 472 g/mol. The van der Waals surface area contributed by atoms with Gasteiger partial charge in [-0.05, 0) is 65.0 Å². The highest BCUT2D eigenvalue weighted by Gasteiger charge is 2.35. The fourth-order valence-electron chi connectivity index (χ4n) is 2.96. The van der Waals surface area contributed by atoms with Crippen LogP contribution in [-0.4, -0.2) is 29.3 Å². The van der Waals surface area contributed by atoms with Gasteiger partial charge < -0.3 is 10.6 Å². The Morgan fingerprint density at radius 2 is 1.65 bits per heavy atom. The number of nitrogens with one attached hydrogen (secondary N) is 2. The maximum absolute atomic E-state index is 12.6. The van der Waals surface area contributed by atoms with Gasteiger partial charge in [-0.15, -0.1) is 11.3 Å². The van der Waals surface area contributed by atoms with Crippen molar-refractivity contribution in [2.75, 3.05) is 11.9 Å². The molecule has 31 heavy (non-hydrogen) atoms. The summed E-state index contributed by atoms with van der Waals surface area (Å²) in [5.74, 6) is -1.05. The average Bonchev–Trinajstić information content (AvgIpc) is 3.31. The Morgan fingerprint density at radius 1 is 1.00 bits per heavy atom. The van der Waals surface area contributed by atoms with Crippen LogP contribution in [-0.2, 0) is 9.59 Å². The molecule has 9 heteroatoms. The molecule has 1 aliphatic rings. The van der Waals surface area contributed by atoms with Crippen LogP contribution in [0.2, 0.25) is 10.0 Å². The van der Waals surface area contributed by atoms with Crippen LogP contribution in [0.3, 0.4) is 0 Å². The second-order valence-corrected chi connectivity index (χ2v) is 8.49.